The van der Waals surface area contributed by atoms with Crippen molar-refractivity contribution in [1.82, 2.24) is 0 Å². The minimum Gasteiger partial charge on any atom is -0.0654 e. The zero-order valence-electron chi connectivity index (χ0n) is 14.4. The second kappa shape index (κ2) is 7.56. The molecule has 0 saturated heterocycles. The lowest BCUT2D eigenvalue weighted by molar-refractivity contribution is 0.0321. The minimum absolute atomic E-state index is 0.484. The van der Waals surface area contributed by atoms with Gasteiger partial charge in [0.2, 0.25) is 0 Å². The Bertz CT molecular complexity index is 210. The average Bonchev–Trinajstić information content (AvgIpc) is 2.34. The van der Waals surface area contributed by atoms with Crippen LogP contribution in [0.2, 0.25) is 0 Å². The maximum atomic E-state index is 2.52. The van der Waals surface area contributed by atoms with E-state index in [9.17, 15) is 0 Å². The quantitative estimate of drug-likeness (QED) is 0.430. The molecule has 0 rings (SSSR count). The first-order valence-corrected chi connectivity index (χ1v) is 8.31. The predicted molar refractivity (Wildman–Crippen MR) is 84.9 cm³/mol. The third-order valence-corrected chi connectivity index (χ3v) is 6.00. The van der Waals surface area contributed by atoms with Crippen molar-refractivity contribution in [1.29, 1.82) is 0 Å². The van der Waals surface area contributed by atoms with Crippen LogP contribution >= 0.6 is 0 Å². The van der Waals surface area contributed by atoms with Crippen LogP contribution in [-0.2, 0) is 0 Å². The molecule has 0 aliphatic carbocycles. The molecule has 110 valence electrons. The molecule has 0 heteroatoms. The summed E-state index contributed by atoms with van der Waals surface area (Å²) in [5.41, 5.74) is 1.05. The van der Waals surface area contributed by atoms with Crippen molar-refractivity contribution >= 4 is 0 Å². The molecular weight excluding hydrogens is 216 g/mol. The Morgan fingerprint density at radius 3 is 1.50 bits per heavy atom. The van der Waals surface area contributed by atoms with Crippen LogP contribution in [0, 0.1) is 22.7 Å². The lowest BCUT2D eigenvalue weighted by Crippen LogP contribution is -2.38. The molecule has 0 amide bonds. The van der Waals surface area contributed by atoms with Gasteiger partial charge >= 0.3 is 0 Å². The molecule has 0 aromatic heterocycles. The maximum Gasteiger partial charge on any atom is -0.0274 e. The van der Waals surface area contributed by atoms with E-state index >= 15 is 0 Å². The van der Waals surface area contributed by atoms with Crippen molar-refractivity contribution in [2.75, 3.05) is 0 Å². The first kappa shape index (κ1) is 18.0. The van der Waals surface area contributed by atoms with Gasteiger partial charge in [-0.25, -0.2) is 0 Å². The molecule has 0 aliphatic rings. The summed E-state index contributed by atoms with van der Waals surface area (Å²) in [7, 11) is 0. The maximum absolute atomic E-state index is 2.52. The minimum atomic E-state index is 0.484. The summed E-state index contributed by atoms with van der Waals surface area (Å²) < 4.78 is 0. The molecule has 0 bridgehead atoms. The first-order chi connectivity index (χ1) is 8.31. The van der Waals surface area contributed by atoms with Gasteiger partial charge in [-0.05, 0) is 35.5 Å². The molecule has 0 spiro atoms. The third kappa shape index (κ3) is 4.00. The van der Waals surface area contributed by atoms with Gasteiger partial charge in [0.15, 0.2) is 0 Å². The molecule has 0 saturated carbocycles. The van der Waals surface area contributed by atoms with Crippen molar-refractivity contribution in [2.24, 2.45) is 22.7 Å². The van der Waals surface area contributed by atoms with E-state index in [4.69, 9.17) is 0 Å². The van der Waals surface area contributed by atoms with Gasteiger partial charge in [-0.1, -0.05) is 81.1 Å². The van der Waals surface area contributed by atoms with Crippen LogP contribution in [0.3, 0.4) is 0 Å². The monoisotopic (exact) mass is 254 g/mol. The zero-order valence-corrected chi connectivity index (χ0v) is 14.4. The molecule has 0 N–H and O–H groups in total. The fraction of sp³-hybridized carbons (Fsp3) is 1.00. The van der Waals surface area contributed by atoms with Gasteiger partial charge in [0, 0.05) is 0 Å². The molecule has 0 heterocycles. The SMILES string of the molecule is CCCC(C)(C)C(C)C(C)C(CC)(CC)CCC. The van der Waals surface area contributed by atoms with Crippen molar-refractivity contribution in [3.05, 3.63) is 0 Å². The van der Waals surface area contributed by atoms with Gasteiger partial charge in [-0.3, -0.25) is 0 Å². The van der Waals surface area contributed by atoms with E-state index in [1.807, 2.05) is 0 Å². The molecule has 18 heavy (non-hydrogen) atoms. The van der Waals surface area contributed by atoms with Crippen LogP contribution < -0.4 is 0 Å². The Kier molecular flexibility index (Phi) is 7.56. The lowest BCUT2D eigenvalue weighted by atomic mass is 9.59. The highest BCUT2D eigenvalue weighted by molar-refractivity contribution is 4.89. The standard InChI is InChI=1S/C18H38/c1-9-13-17(7,8)15(5)16(6)18(11-3,12-4)14-10-2/h15-16H,9-14H2,1-8H3. The number of hydrogen-bond acceptors (Lipinski definition) is 0. The fourth-order valence-corrected chi connectivity index (χ4v) is 4.05. The van der Waals surface area contributed by atoms with E-state index in [2.05, 4.69) is 55.4 Å². The Balaban J connectivity index is 5.01. The van der Waals surface area contributed by atoms with Crippen LogP contribution in [0.4, 0.5) is 0 Å². The summed E-state index contributed by atoms with van der Waals surface area (Å²) >= 11 is 0. The van der Waals surface area contributed by atoms with Crippen LogP contribution in [-0.4, -0.2) is 0 Å². The summed E-state index contributed by atoms with van der Waals surface area (Å²) in [4.78, 5) is 0. The molecule has 0 fully saturated rings. The number of hydrogen-bond donors (Lipinski definition) is 0. The van der Waals surface area contributed by atoms with E-state index < -0.39 is 0 Å². The summed E-state index contributed by atoms with van der Waals surface area (Å²) in [6.07, 6.45) is 8.06. The Labute approximate surface area is 117 Å². The normalized spacial score (nSPS) is 16.7. The van der Waals surface area contributed by atoms with Gasteiger partial charge in [0.05, 0.1) is 0 Å². The topological polar surface area (TPSA) is 0 Å². The predicted octanol–water partition coefficient (Wildman–Crippen LogP) is 6.69. The highest BCUT2D eigenvalue weighted by Crippen LogP contribution is 2.49. The zero-order chi connectivity index (χ0) is 14.4. The summed E-state index contributed by atoms with van der Waals surface area (Å²) in [6.45, 7) is 19.4. The molecule has 0 aliphatic heterocycles. The van der Waals surface area contributed by atoms with Gasteiger partial charge in [0.25, 0.3) is 0 Å². The fourth-order valence-electron chi connectivity index (χ4n) is 4.05. The molecule has 0 aromatic rings. The van der Waals surface area contributed by atoms with Crippen molar-refractivity contribution in [3.8, 4) is 0 Å². The van der Waals surface area contributed by atoms with Gasteiger partial charge in [-0.15, -0.1) is 0 Å². The highest BCUT2D eigenvalue weighted by atomic mass is 14.4. The van der Waals surface area contributed by atoms with Crippen LogP contribution in [0.5, 0.6) is 0 Å². The highest BCUT2D eigenvalue weighted by Gasteiger charge is 2.40. The smallest absolute Gasteiger partial charge is 0.0274 e. The lowest BCUT2D eigenvalue weighted by Gasteiger charge is -2.46. The molecule has 2 atom stereocenters. The van der Waals surface area contributed by atoms with Crippen molar-refractivity contribution < 1.29 is 0 Å². The van der Waals surface area contributed by atoms with Crippen LogP contribution in [0.1, 0.15) is 93.9 Å². The van der Waals surface area contributed by atoms with Crippen LogP contribution in [0.15, 0.2) is 0 Å². The summed E-state index contributed by atoms with van der Waals surface area (Å²) in [5.74, 6) is 1.64. The van der Waals surface area contributed by atoms with Crippen molar-refractivity contribution in [3.63, 3.8) is 0 Å². The van der Waals surface area contributed by atoms with E-state index in [1.54, 1.807) is 0 Å². The molecule has 0 radical (unpaired) electrons. The summed E-state index contributed by atoms with van der Waals surface area (Å²) in [5, 5.41) is 0. The summed E-state index contributed by atoms with van der Waals surface area (Å²) in [6, 6.07) is 0. The largest absolute Gasteiger partial charge is 0.0654 e. The Morgan fingerprint density at radius 1 is 0.722 bits per heavy atom. The van der Waals surface area contributed by atoms with E-state index in [0.29, 0.717) is 10.8 Å². The molecule has 2 unspecified atom stereocenters. The molecule has 0 nitrogen and oxygen atoms in total. The average molecular weight is 255 g/mol. The van der Waals surface area contributed by atoms with E-state index in [0.717, 1.165) is 11.8 Å². The first-order valence-electron chi connectivity index (χ1n) is 8.31. The van der Waals surface area contributed by atoms with E-state index in [1.165, 1.54) is 38.5 Å². The molecular formula is C18H38. The Hall–Kier alpha value is 0. The van der Waals surface area contributed by atoms with E-state index in [-0.39, 0.29) is 0 Å². The second-order valence-corrected chi connectivity index (χ2v) is 7.14. The van der Waals surface area contributed by atoms with Crippen molar-refractivity contribution in [2.45, 2.75) is 93.9 Å². The second-order valence-electron chi connectivity index (χ2n) is 7.14. The van der Waals surface area contributed by atoms with Gasteiger partial charge in [-0.2, -0.15) is 0 Å². The van der Waals surface area contributed by atoms with Gasteiger partial charge < -0.3 is 0 Å². The Morgan fingerprint density at radius 2 is 1.17 bits per heavy atom. The number of rotatable bonds is 9. The van der Waals surface area contributed by atoms with Gasteiger partial charge in [0.1, 0.15) is 0 Å². The molecule has 0 aromatic carbocycles. The van der Waals surface area contributed by atoms with Crippen LogP contribution in [0.25, 0.3) is 0 Å². The third-order valence-electron chi connectivity index (χ3n) is 6.00.